The Hall–Kier alpha value is -3.26. The summed E-state index contributed by atoms with van der Waals surface area (Å²) in [5, 5.41) is 0.206. The summed E-state index contributed by atoms with van der Waals surface area (Å²) in [6.45, 7) is 2.48. The second-order valence-electron chi connectivity index (χ2n) is 7.93. The fourth-order valence-corrected chi connectivity index (χ4v) is 4.88. The highest BCUT2D eigenvalue weighted by atomic mass is 35.5. The lowest BCUT2D eigenvalue weighted by Crippen LogP contribution is -2.33. The molecule has 3 aromatic carbocycles. The molecule has 0 fully saturated rings. The van der Waals surface area contributed by atoms with Gasteiger partial charge in [0.15, 0.2) is 17.1 Å². The van der Waals surface area contributed by atoms with Gasteiger partial charge in [0.1, 0.15) is 11.5 Å². The summed E-state index contributed by atoms with van der Waals surface area (Å²) in [6, 6.07) is 11.0. The number of carbonyl (C=O) groups excluding carboxylic acids is 3. The number of hydrogen-bond donors (Lipinski definition) is 0. The van der Waals surface area contributed by atoms with E-state index >= 15 is 0 Å². The maximum atomic E-state index is 13.1. The van der Waals surface area contributed by atoms with Gasteiger partial charge in [-0.1, -0.05) is 29.3 Å². The van der Waals surface area contributed by atoms with Crippen molar-refractivity contribution in [3.8, 4) is 23.0 Å². The first kappa shape index (κ1) is 23.5. The fourth-order valence-electron chi connectivity index (χ4n) is 4.31. The largest absolute Gasteiger partial charge is 0.456 e. The van der Waals surface area contributed by atoms with Gasteiger partial charge in [-0.25, -0.2) is 4.79 Å². The highest BCUT2D eigenvalue weighted by Crippen LogP contribution is 2.58. The zero-order chi connectivity index (χ0) is 25.1. The summed E-state index contributed by atoms with van der Waals surface area (Å²) in [6.07, 6.45) is 0. The van der Waals surface area contributed by atoms with Gasteiger partial charge in [0.05, 0.1) is 15.6 Å². The van der Waals surface area contributed by atoms with Crippen molar-refractivity contribution < 1.29 is 33.3 Å². The molecule has 0 aliphatic carbocycles. The Labute approximate surface area is 214 Å². The first-order valence-corrected chi connectivity index (χ1v) is 11.6. The zero-order valence-electron chi connectivity index (χ0n) is 18.2. The van der Waals surface area contributed by atoms with E-state index in [2.05, 4.69) is 0 Å². The number of carbonyl (C=O) groups is 3. The molecule has 0 saturated heterocycles. The number of esters is 3. The molecule has 7 nitrogen and oxygen atoms in total. The lowest BCUT2D eigenvalue weighted by atomic mass is 9.77. The first-order valence-electron chi connectivity index (χ1n) is 10.3. The topological polar surface area (TPSA) is 88.1 Å². The minimum absolute atomic E-state index is 0.0599. The van der Waals surface area contributed by atoms with Crippen molar-refractivity contribution in [2.75, 3.05) is 0 Å². The second kappa shape index (κ2) is 8.45. The lowest BCUT2D eigenvalue weighted by molar-refractivity contribution is -0.132. The van der Waals surface area contributed by atoms with Gasteiger partial charge in [-0.15, -0.1) is 11.6 Å². The Morgan fingerprint density at radius 3 is 1.89 bits per heavy atom. The molecular weight excluding hydrogens is 519 g/mol. The van der Waals surface area contributed by atoms with Gasteiger partial charge < -0.3 is 18.9 Å². The van der Waals surface area contributed by atoms with Crippen molar-refractivity contribution in [2.24, 2.45) is 0 Å². The third-order valence-electron chi connectivity index (χ3n) is 5.64. The van der Waals surface area contributed by atoms with Gasteiger partial charge in [0.25, 0.3) is 0 Å². The molecule has 1 spiro atoms. The van der Waals surface area contributed by atoms with Crippen LogP contribution in [0.1, 0.15) is 46.5 Å². The standard InChI is InChI=1S/C25H15Cl3O7/c1-11(29)32-22-8-20-16(6-18(22)27)25(15-5-13(10-26)3-4-14(15)24(31)35-25)17-7-19(28)23(33-12(2)30)9-21(17)34-20/h3-9H,10H2,1-2H3. The van der Waals surface area contributed by atoms with E-state index in [0.717, 1.165) is 5.56 Å². The van der Waals surface area contributed by atoms with E-state index in [1.165, 1.54) is 38.1 Å². The van der Waals surface area contributed by atoms with E-state index in [9.17, 15) is 14.4 Å². The van der Waals surface area contributed by atoms with Gasteiger partial charge in [0, 0.05) is 48.6 Å². The number of hydrogen-bond acceptors (Lipinski definition) is 7. The van der Waals surface area contributed by atoms with Crippen LogP contribution in [0.3, 0.4) is 0 Å². The average molecular weight is 534 g/mol. The van der Waals surface area contributed by atoms with Gasteiger partial charge in [-0.05, 0) is 29.8 Å². The average Bonchev–Trinajstić information content (AvgIpc) is 3.08. The van der Waals surface area contributed by atoms with Crippen LogP contribution in [0.15, 0.2) is 42.5 Å². The molecule has 5 rings (SSSR count). The number of ether oxygens (including phenoxy) is 4. The van der Waals surface area contributed by atoms with Crippen LogP contribution >= 0.6 is 34.8 Å². The summed E-state index contributed by atoms with van der Waals surface area (Å²) < 4.78 is 22.6. The number of benzene rings is 3. The van der Waals surface area contributed by atoms with Crippen molar-refractivity contribution in [1.82, 2.24) is 0 Å². The monoisotopic (exact) mass is 532 g/mol. The fraction of sp³-hybridized carbons (Fsp3) is 0.160. The summed E-state index contributed by atoms with van der Waals surface area (Å²) in [7, 11) is 0. The molecule has 0 N–H and O–H groups in total. The first-order chi connectivity index (χ1) is 16.6. The number of rotatable bonds is 3. The lowest BCUT2D eigenvalue weighted by Gasteiger charge is -2.37. The van der Waals surface area contributed by atoms with Crippen LogP contribution < -0.4 is 14.2 Å². The van der Waals surface area contributed by atoms with Gasteiger partial charge in [0.2, 0.25) is 0 Å². The number of halogens is 3. The molecule has 0 atom stereocenters. The summed E-state index contributed by atoms with van der Waals surface area (Å²) in [4.78, 5) is 36.2. The third-order valence-corrected chi connectivity index (χ3v) is 6.54. The van der Waals surface area contributed by atoms with Crippen LogP contribution in [0.2, 0.25) is 10.0 Å². The van der Waals surface area contributed by atoms with Crippen molar-refractivity contribution in [3.05, 3.63) is 80.3 Å². The van der Waals surface area contributed by atoms with Crippen LogP contribution in [0.4, 0.5) is 0 Å². The van der Waals surface area contributed by atoms with Gasteiger partial charge >= 0.3 is 17.9 Å². The Kier molecular flexibility index (Phi) is 5.67. The second-order valence-corrected chi connectivity index (χ2v) is 9.01. The molecule has 0 saturated carbocycles. The maximum Gasteiger partial charge on any atom is 0.340 e. The van der Waals surface area contributed by atoms with E-state index in [1.54, 1.807) is 18.2 Å². The molecule has 35 heavy (non-hydrogen) atoms. The Balaban J connectivity index is 1.84. The normalized spacial score (nSPS) is 14.4. The van der Waals surface area contributed by atoms with Gasteiger partial charge in [-0.2, -0.15) is 0 Å². The molecular formula is C25H15Cl3O7. The van der Waals surface area contributed by atoms with Crippen LogP contribution in [0.5, 0.6) is 23.0 Å². The van der Waals surface area contributed by atoms with Crippen molar-refractivity contribution in [2.45, 2.75) is 25.3 Å². The molecule has 0 aromatic heterocycles. The highest BCUT2D eigenvalue weighted by Gasteiger charge is 2.54. The smallest absolute Gasteiger partial charge is 0.340 e. The van der Waals surface area contributed by atoms with Crippen molar-refractivity contribution in [3.63, 3.8) is 0 Å². The Bertz CT molecular complexity index is 1380. The van der Waals surface area contributed by atoms with Crippen LogP contribution in [0, 0.1) is 0 Å². The maximum absolute atomic E-state index is 13.1. The van der Waals surface area contributed by atoms with Crippen LogP contribution in [-0.2, 0) is 25.8 Å². The molecule has 2 aliphatic heterocycles. The zero-order valence-corrected chi connectivity index (χ0v) is 20.5. The third kappa shape index (κ3) is 3.71. The van der Waals surface area contributed by atoms with Crippen molar-refractivity contribution >= 4 is 52.7 Å². The van der Waals surface area contributed by atoms with E-state index in [4.69, 9.17) is 53.8 Å². The summed E-state index contributed by atoms with van der Waals surface area (Å²) in [5.41, 5.74) is 0.871. The van der Waals surface area contributed by atoms with Gasteiger partial charge in [-0.3, -0.25) is 9.59 Å². The predicted molar refractivity (Wildman–Crippen MR) is 127 cm³/mol. The number of alkyl halides is 1. The highest BCUT2D eigenvalue weighted by molar-refractivity contribution is 6.33. The quantitative estimate of drug-likeness (QED) is 0.227. The predicted octanol–water partition coefficient (Wildman–Crippen LogP) is 6.15. The van der Waals surface area contributed by atoms with Crippen molar-refractivity contribution in [1.29, 1.82) is 0 Å². The Morgan fingerprint density at radius 1 is 0.857 bits per heavy atom. The van der Waals surface area contributed by atoms with Crippen LogP contribution in [0.25, 0.3) is 0 Å². The molecule has 178 valence electrons. The van der Waals surface area contributed by atoms with E-state index in [0.29, 0.717) is 22.3 Å². The van der Waals surface area contributed by atoms with E-state index in [1.807, 2.05) is 0 Å². The van der Waals surface area contributed by atoms with E-state index in [-0.39, 0.29) is 38.9 Å². The van der Waals surface area contributed by atoms with E-state index < -0.39 is 23.5 Å². The molecule has 10 heteroatoms. The Morgan fingerprint density at radius 2 is 1.40 bits per heavy atom. The molecule has 0 bridgehead atoms. The molecule has 3 aromatic rings. The summed E-state index contributed by atoms with van der Waals surface area (Å²) >= 11 is 19.0. The number of fused-ring (bicyclic) bond motifs is 6. The SMILES string of the molecule is CC(=O)Oc1cc2c(cc1Cl)C1(OC(=O)c3ccc(CCl)cc31)c1cc(Cl)c(OC(C)=O)cc1O2. The minimum Gasteiger partial charge on any atom is -0.456 e. The molecule has 0 amide bonds. The molecule has 2 heterocycles. The van der Waals surface area contributed by atoms with Crippen LogP contribution in [-0.4, -0.2) is 17.9 Å². The minimum atomic E-state index is -1.51. The molecule has 0 radical (unpaired) electrons. The molecule has 2 aliphatic rings. The summed E-state index contributed by atoms with van der Waals surface area (Å²) in [5.74, 6) is -0.976. The molecule has 0 unspecified atom stereocenters.